The van der Waals surface area contributed by atoms with Crippen LogP contribution in [-0.2, 0) is 11.3 Å². The van der Waals surface area contributed by atoms with Gasteiger partial charge in [-0.2, -0.15) is 0 Å². The molecule has 1 aromatic carbocycles. The lowest BCUT2D eigenvalue weighted by Gasteiger charge is -2.16. The monoisotopic (exact) mass is 498 g/mol. The predicted molar refractivity (Wildman–Crippen MR) is 125 cm³/mol. The van der Waals surface area contributed by atoms with Crippen molar-refractivity contribution in [2.75, 3.05) is 33.4 Å². The molecule has 0 saturated carbocycles. The van der Waals surface area contributed by atoms with Crippen LogP contribution >= 0.6 is 24.0 Å². The van der Waals surface area contributed by atoms with Gasteiger partial charge in [0.15, 0.2) is 5.96 Å². The van der Waals surface area contributed by atoms with Crippen LogP contribution in [0.25, 0.3) is 0 Å². The third-order valence-corrected chi connectivity index (χ3v) is 4.07. The van der Waals surface area contributed by atoms with Gasteiger partial charge in [-0.15, -0.1) is 24.0 Å². The van der Waals surface area contributed by atoms with Crippen molar-refractivity contribution >= 4 is 29.9 Å². The lowest BCUT2D eigenvalue weighted by atomic mass is 10.0. The Labute approximate surface area is 185 Å². The number of hydrogen-bond donors (Lipinski definition) is 2. The zero-order chi connectivity index (χ0) is 19.3. The van der Waals surface area contributed by atoms with Gasteiger partial charge in [-0.3, -0.25) is 0 Å². The highest BCUT2D eigenvalue weighted by Crippen LogP contribution is 2.16. The molecule has 1 atom stereocenters. The third-order valence-electron chi connectivity index (χ3n) is 4.07. The highest BCUT2D eigenvalue weighted by molar-refractivity contribution is 14.0. The molecule has 0 fully saturated rings. The number of guanidine groups is 1. The Morgan fingerprint density at radius 3 is 2.61 bits per heavy atom. The van der Waals surface area contributed by atoms with Gasteiger partial charge in [-0.05, 0) is 24.5 Å². The number of aromatic nitrogens is 1. The molecule has 0 aliphatic rings. The normalized spacial score (nSPS) is 12.0. The predicted octanol–water partition coefficient (Wildman–Crippen LogP) is 3.58. The summed E-state index contributed by atoms with van der Waals surface area (Å²) >= 11 is 0. The van der Waals surface area contributed by atoms with E-state index in [2.05, 4.69) is 58.7 Å². The molecular formula is C21H31IN4O2. The van der Waals surface area contributed by atoms with Crippen molar-refractivity contribution in [2.45, 2.75) is 26.3 Å². The van der Waals surface area contributed by atoms with E-state index in [-0.39, 0.29) is 24.0 Å². The second-order valence-corrected chi connectivity index (χ2v) is 6.20. The summed E-state index contributed by atoms with van der Waals surface area (Å²) in [5, 5.41) is 6.71. The first kappa shape index (κ1) is 24.2. The maximum Gasteiger partial charge on any atom is 0.218 e. The van der Waals surface area contributed by atoms with E-state index >= 15 is 0 Å². The van der Waals surface area contributed by atoms with Crippen LogP contribution in [0.3, 0.4) is 0 Å². The standard InChI is InChI=1S/C21H30N4O2.HI/c1-4-22-21(24-15-17(2)18-9-6-5-7-10-18)25-16-19-11-8-12-23-20(19)27-14-13-26-3;/h5-12,17H,4,13-16H2,1-3H3,(H2,22,24,25);1H. The van der Waals surface area contributed by atoms with E-state index < -0.39 is 0 Å². The molecule has 2 N–H and O–H groups in total. The minimum absolute atomic E-state index is 0. The van der Waals surface area contributed by atoms with Crippen molar-refractivity contribution in [3.8, 4) is 5.88 Å². The van der Waals surface area contributed by atoms with E-state index in [1.165, 1.54) is 5.56 Å². The van der Waals surface area contributed by atoms with Gasteiger partial charge < -0.3 is 20.1 Å². The van der Waals surface area contributed by atoms with Crippen molar-refractivity contribution in [3.05, 3.63) is 59.8 Å². The molecule has 6 nitrogen and oxygen atoms in total. The lowest BCUT2D eigenvalue weighted by molar-refractivity contribution is 0.143. The van der Waals surface area contributed by atoms with E-state index in [0.29, 0.717) is 31.6 Å². The van der Waals surface area contributed by atoms with Crippen molar-refractivity contribution in [1.29, 1.82) is 0 Å². The van der Waals surface area contributed by atoms with Gasteiger partial charge in [0.05, 0.1) is 13.2 Å². The molecule has 0 bridgehead atoms. The number of rotatable bonds is 10. The summed E-state index contributed by atoms with van der Waals surface area (Å²) in [5.41, 5.74) is 2.25. The Hall–Kier alpha value is -1.87. The number of pyridine rings is 1. The summed E-state index contributed by atoms with van der Waals surface area (Å²) < 4.78 is 10.7. The van der Waals surface area contributed by atoms with Crippen molar-refractivity contribution in [2.24, 2.45) is 4.99 Å². The van der Waals surface area contributed by atoms with Crippen LogP contribution in [0, 0.1) is 0 Å². The summed E-state index contributed by atoms with van der Waals surface area (Å²) in [5.74, 6) is 1.78. The third kappa shape index (κ3) is 8.43. The zero-order valence-electron chi connectivity index (χ0n) is 16.9. The fourth-order valence-corrected chi connectivity index (χ4v) is 2.55. The molecule has 0 aliphatic carbocycles. The first-order chi connectivity index (χ1) is 13.2. The van der Waals surface area contributed by atoms with E-state index in [0.717, 1.165) is 24.6 Å². The highest BCUT2D eigenvalue weighted by atomic mass is 127. The number of halogens is 1. The Kier molecular flexibility index (Phi) is 12.2. The zero-order valence-corrected chi connectivity index (χ0v) is 19.2. The summed E-state index contributed by atoms with van der Waals surface area (Å²) in [6, 6.07) is 14.3. The van der Waals surface area contributed by atoms with Crippen LogP contribution in [0.2, 0.25) is 0 Å². The molecule has 28 heavy (non-hydrogen) atoms. The van der Waals surface area contributed by atoms with Gasteiger partial charge >= 0.3 is 0 Å². The molecule has 0 saturated heterocycles. The summed E-state index contributed by atoms with van der Waals surface area (Å²) in [6.45, 7) is 7.36. The maximum atomic E-state index is 5.68. The molecule has 1 aromatic heterocycles. The lowest BCUT2D eigenvalue weighted by Crippen LogP contribution is -2.39. The summed E-state index contributed by atoms with van der Waals surface area (Å²) in [6.07, 6.45) is 1.72. The van der Waals surface area contributed by atoms with Crippen LogP contribution in [0.15, 0.2) is 53.7 Å². The number of nitrogens with zero attached hydrogens (tertiary/aromatic N) is 2. The van der Waals surface area contributed by atoms with Crippen molar-refractivity contribution in [1.82, 2.24) is 15.6 Å². The number of benzene rings is 1. The van der Waals surface area contributed by atoms with Crippen LogP contribution in [0.5, 0.6) is 5.88 Å². The van der Waals surface area contributed by atoms with Gasteiger partial charge in [0.1, 0.15) is 6.61 Å². The van der Waals surface area contributed by atoms with E-state index in [4.69, 9.17) is 9.47 Å². The fourth-order valence-electron chi connectivity index (χ4n) is 2.55. The van der Waals surface area contributed by atoms with Crippen LogP contribution in [0.1, 0.15) is 30.9 Å². The van der Waals surface area contributed by atoms with Crippen molar-refractivity contribution in [3.63, 3.8) is 0 Å². The fraction of sp³-hybridized carbons (Fsp3) is 0.429. The average Bonchev–Trinajstić information content (AvgIpc) is 2.71. The minimum atomic E-state index is 0. The number of aliphatic imine (C=N–C) groups is 1. The highest BCUT2D eigenvalue weighted by Gasteiger charge is 2.08. The Balaban J connectivity index is 0.00000392. The van der Waals surface area contributed by atoms with Gasteiger partial charge in [0.25, 0.3) is 0 Å². The van der Waals surface area contributed by atoms with Crippen LogP contribution in [-0.4, -0.2) is 44.4 Å². The number of hydrogen-bond acceptors (Lipinski definition) is 4. The van der Waals surface area contributed by atoms with Gasteiger partial charge in [-0.1, -0.05) is 43.3 Å². The largest absolute Gasteiger partial charge is 0.475 e. The number of ether oxygens (including phenoxy) is 2. The van der Waals surface area contributed by atoms with Crippen LogP contribution in [0.4, 0.5) is 0 Å². The molecule has 0 spiro atoms. The van der Waals surface area contributed by atoms with Gasteiger partial charge in [0, 0.05) is 32.0 Å². The summed E-state index contributed by atoms with van der Waals surface area (Å²) in [4.78, 5) is 8.98. The quantitative estimate of drug-likeness (QED) is 0.227. The second-order valence-electron chi connectivity index (χ2n) is 6.20. The first-order valence-electron chi connectivity index (χ1n) is 9.37. The molecule has 1 heterocycles. The maximum absolute atomic E-state index is 5.68. The molecular weight excluding hydrogens is 467 g/mol. The Bertz CT molecular complexity index is 698. The van der Waals surface area contributed by atoms with E-state index in [9.17, 15) is 0 Å². The Morgan fingerprint density at radius 1 is 1.11 bits per heavy atom. The second kappa shape index (κ2) is 14.2. The SMILES string of the molecule is CCNC(=NCc1cccnc1OCCOC)NCC(C)c1ccccc1.I. The molecule has 2 aromatic rings. The van der Waals surface area contributed by atoms with E-state index in [1.807, 2.05) is 18.2 Å². The van der Waals surface area contributed by atoms with Gasteiger partial charge in [-0.25, -0.2) is 9.98 Å². The van der Waals surface area contributed by atoms with Gasteiger partial charge in [0.2, 0.25) is 5.88 Å². The molecule has 0 amide bonds. The minimum Gasteiger partial charge on any atom is -0.475 e. The first-order valence-corrected chi connectivity index (χ1v) is 9.37. The smallest absolute Gasteiger partial charge is 0.218 e. The summed E-state index contributed by atoms with van der Waals surface area (Å²) in [7, 11) is 1.65. The van der Waals surface area contributed by atoms with E-state index in [1.54, 1.807) is 13.3 Å². The topological polar surface area (TPSA) is 67.8 Å². The Morgan fingerprint density at radius 2 is 1.89 bits per heavy atom. The molecule has 2 rings (SSSR count). The number of nitrogens with one attached hydrogen (secondary N) is 2. The van der Waals surface area contributed by atoms with Crippen molar-refractivity contribution < 1.29 is 9.47 Å². The average molecular weight is 498 g/mol. The molecule has 0 radical (unpaired) electrons. The molecule has 1 unspecified atom stereocenters. The molecule has 154 valence electrons. The van der Waals surface area contributed by atoms with Crippen LogP contribution < -0.4 is 15.4 Å². The number of methoxy groups -OCH3 is 1. The molecule has 0 aliphatic heterocycles. The molecule has 7 heteroatoms.